The Kier molecular flexibility index (Phi) is 5.44. The number of benzene rings is 2. The van der Waals surface area contributed by atoms with E-state index < -0.39 is 5.91 Å². The molecule has 0 unspecified atom stereocenters. The largest absolute Gasteiger partial charge is 0.470 e. The molecule has 1 amide bonds. The van der Waals surface area contributed by atoms with E-state index in [1.54, 1.807) is 43.5 Å². The van der Waals surface area contributed by atoms with E-state index in [2.05, 4.69) is 10.4 Å². The number of ether oxygens (including phenoxy) is 1. The molecule has 0 aliphatic carbocycles. The predicted octanol–water partition coefficient (Wildman–Crippen LogP) is 4.93. The minimum Gasteiger partial charge on any atom is -0.470 e. The highest BCUT2D eigenvalue weighted by Crippen LogP contribution is 2.27. The first-order chi connectivity index (χ1) is 12.4. The molecule has 0 radical (unpaired) electrons. The maximum Gasteiger partial charge on any atom is 0.276 e. The maximum absolute atomic E-state index is 13.5. The summed E-state index contributed by atoms with van der Waals surface area (Å²) < 4.78 is 20.5. The molecule has 8 heteroatoms. The monoisotopic (exact) mass is 393 g/mol. The third-order valence-electron chi connectivity index (χ3n) is 3.55. The van der Waals surface area contributed by atoms with Gasteiger partial charge in [-0.25, -0.2) is 9.07 Å². The molecule has 134 valence electrons. The van der Waals surface area contributed by atoms with E-state index in [9.17, 15) is 9.18 Å². The molecule has 1 aromatic heterocycles. The molecule has 2 aromatic carbocycles. The number of nitrogens with zero attached hydrogens (tertiary/aromatic N) is 2. The van der Waals surface area contributed by atoms with Gasteiger partial charge in [-0.3, -0.25) is 4.79 Å². The number of nitrogens with one attached hydrogen (secondary N) is 1. The van der Waals surface area contributed by atoms with Crippen LogP contribution in [-0.2, 0) is 6.73 Å². The van der Waals surface area contributed by atoms with E-state index in [4.69, 9.17) is 27.9 Å². The Labute approximate surface area is 159 Å². The standard InChI is InChI=1S/C18H14Cl2FN3O2/c1-11-2-4-13(9-15(11)21)22-18(25)16-6-7-24(23-16)10-26-17-5-3-12(19)8-14(17)20/h2-9H,10H2,1H3,(H,22,25). The zero-order chi connectivity index (χ0) is 18.7. The van der Waals surface area contributed by atoms with Gasteiger partial charge in [-0.2, -0.15) is 5.10 Å². The van der Waals surface area contributed by atoms with E-state index in [0.29, 0.717) is 27.0 Å². The lowest BCUT2D eigenvalue weighted by Crippen LogP contribution is -2.14. The van der Waals surface area contributed by atoms with Gasteiger partial charge in [0.15, 0.2) is 12.4 Å². The van der Waals surface area contributed by atoms with Crippen LogP contribution >= 0.6 is 23.2 Å². The molecular formula is C18H14Cl2FN3O2. The van der Waals surface area contributed by atoms with Crippen molar-refractivity contribution in [2.24, 2.45) is 0 Å². The van der Waals surface area contributed by atoms with Crippen LogP contribution < -0.4 is 10.1 Å². The quantitative estimate of drug-likeness (QED) is 0.668. The van der Waals surface area contributed by atoms with Gasteiger partial charge in [0.25, 0.3) is 5.91 Å². The van der Waals surface area contributed by atoms with Crippen molar-refractivity contribution >= 4 is 34.8 Å². The van der Waals surface area contributed by atoms with Crippen molar-refractivity contribution in [1.29, 1.82) is 0 Å². The van der Waals surface area contributed by atoms with Crippen molar-refractivity contribution < 1.29 is 13.9 Å². The summed E-state index contributed by atoms with van der Waals surface area (Å²) in [5, 5.41) is 7.61. The molecule has 0 saturated heterocycles. The summed E-state index contributed by atoms with van der Waals surface area (Å²) in [5.74, 6) is -0.384. The summed E-state index contributed by atoms with van der Waals surface area (Å²) in [6.07, 6.45) is 1.59. The molecule has 0 bridgehead atoms. The first-order valence-corrected chi connectivity index (χ1v) is 8.37. The van der Waals surface area contributed by atoms with E-state index >= 15 is 0 Å². The van der Waals surface area contributed by atoms with Crippen LogP contribution in [0.4, 0.5) is 10.1 Å². The van der Waals surface area contributed by atoms with Crippen molar-refractivity contribution in [2.75, 3.05) is 5.32 Å². The van der Waals surface area contributed by atoms with Crippen LogP contribution in [0.15, 0.2) is 48.7 Å². The number of aromatic nitrogens is 2. The van der Waals surface area contributed by atoms with Crippen LogP contribution in [0, 0.1) is 12.7 Å². The number of anilines is 1. The average Bonchev–Trinajstić information content (AvgIpc) is 3.06. The third kappa shape index (κ3) is 4.33. The fraction of sp³-hybridized carbons (Fsp3) is 0.111. The second-order valence-electron chi connectivity index (χ2n) is 5.51. The first kappa shape index (κ1) is 18.2. The van der Waals surface area contributed by atoms with Crippen molar-refractivity contribution in [3.8, 4) is 5.75 Å². The molecule has 0 fully saturated rings. The molecule has 0 aliphatic rings. The number of hydrogen-bond acceptors (Lipinski definition) is 3. The van der Waals surface area contributed by atoms with Crippen molar-refractivity contribution in [3.63, 3.8) is 0 Å². The van der Waals surface area contributed by atoms with Crippen LogP contribution in [0.5, 0.6) is 5.75 Å². The minimum atomic E-state index is -0.448. The number of aryl methyl sites for hydroxylation is 1. The van der Waals surface area contributed by atoms with Crippen LogP contribution in [0.3, 0.4) is 0 Å². The lowest BCUT2D eigenvalue weighted by atomic mass is 10.2. The highest BCUT2D eigenvalue weighted by Gasteiger charge is 2.11. The van der Waals surface area contributed by atoms with Gasteiger partial charge in [-0.05, 0) is 48.9 Å². The predicted molar refractivity (Wildman–Crippen MR) is 98.4 cm³/mol. The first-order valence-electron chi connectivity index (χ1n) is 7.61. The minimum absolute atomic E-state index is 0.0633. The summed E-state index contributed by atoms with van der Waals surface area (Å²) in [7, 11) is 0. The van der Waals surface area contributed by atoms with Gasteiger partial charge < -0.3 is 10.1 Å². The van der Waals surface area contributed by atoms with Gasteiger partial charge in [0, 0.05) is 16.9 Å². The van der Waals surface area contributed by atoms with Crippen molar-refractivity contribution in [2.45, 2.75) is 13.7 Å². The molecule has 0 spiro atoms. The van der Waals surface area contributed by atoms with Crippen LogP contribution in [0.25, 0.3) is 0 Å². The normalized spacial score (nSPS) is 10.6. The number of carbonyl (C=O) groups is 1. The highest BCUT2D eigenvalue weighted by atomic mass is 35.5. The number of carbonyl (C=O) groups excluding carboxylic acids is 1. The van der Waals surface area contributed by atoms with Gasteiger partial charge in [-0.15, -0.1) is 0 Å². The Hall–Kier alpha value is -2.57. The van der Waals surface area contributed by atoms with Gasteiger partial charge in [0.1, 0.15) is 11.6 Å². The van der Waals surface area contributed by atoms with Crippen LogP contribution in [0.2, 0.25) is 10.0 Å². The number of rotatable bonds is 5. The number of halogens is 3. The van der Waals surface area contributed by atoms with E-state index in [0.717, 1.165) is 0 Å². The summed E-state index contributed by atoms with van der Waals surface area (Å²) in [5.41, 5.74) is 1.04. The lowest BCUT2D eigenvalue weighted by molar-refractivity contribution is 0.102. The second kappa shape index (κ2) is 7.76. The Morgan fingerprint density at radius 3 is 2.77 bits per heavy atom. The van der Waals surface area contributed by atoms with Gasteiger partial charge in [0.05, 0.1) is 5.02 Å². The topological polar surface area (TPSA) is 56.2 Å². The van der Waals surface area contributed by atoms with Gasteiger partial charge in [0.2, 0.25) is 0 Å². The Morgan fingerprint density at radius 2 is 2.04 bits per heavy atom. The molecular weight excluding hydrogens is 380 g/mol. The maximum atomic E-state index is 13.5. The molecule has 3 aromatic rings. The SMILES string of the molecule is Cc1ccc(NC(=O)c2ccn(COc3ccc(Cl)cc3Cl)n2)cc1F. The molecule has 26 heavy (non-hydrogen) atoms. The van der Waals surface area contributed by atoms with E-state index in [-0.39, 0.29) is 18.2 Å². The fourth-order valence-corrected chi connectivity index (χ4v) is 2.61. The Bertz CT molecular complexity index is 959. The summed E-state index contributed by atoms with van der Waals surface area (Å²) in [6.45, 7) is 1.71. The summed E-state index contributed by atoms with van der Waals surface area (Å²) in [6, 6.07) is 10.9. The molecule has 5 nitrogen and oxygen atoms in total. The summed E-state index contributed by atoms with van der Waals surface area (Å²) in [4.78, 5) is 12.2. The van der Waals surface area contributed by atoms with Gasteiger partial charge in [-0.1, -0.05) is 29.3 Å². The molecule has 0 saturated carbocycles. The van der Waals surface area contributed by atoms with Crippen molar-refractivity contribution in [1.82, 2.24) is 9.78 Å². The number of hydrogen-bond donors (Lipinski definition) is 1. The van der Waals surface area contributed by atoms with Crippen molar-refractivity contribution in [3.05, 3.63) is 75.8 Å². The average molecular weight is 394 g/mol. The zero-order valence-corrected chi connectivity index (χ0v) is 15.2. The van der Waals surface area contributed by atoms with Gasteiger partial charge >= 0.3 is 0 Å². The molecule has 1 N–H and O–H groups in total. The molecule has 3 rings (SSSR count). The third-order valence-corrected chi connectivity index (χ3v) is 4.08. The smallest absolute Gasteiger partial charge is 0.276 e. The highest BCUT2D eigenvalue weighted by molar-refractivity contribution is 6.35. The molecule has 1 heterocycles. The lowest BCUT2D eigenvalue weighted by Gasteiger charge is -2.08. The molecule has 0 aliphatic heterocycles. The van der Waals surface area contributed by atoms with Crippen LogP contribution in [-0.4, -0.2) is 15.7 Å². The molecule has 0 atom stereocenters. The Morgan fingerprint density at radius 1 is 1.23 bits per heavy atom. The summed E-state index contributed by atoms with van der Waals surface area (Å²) >= 11 is 11.9. The second-order valence-corrected chi connectivity index (χ2v) is 6.35. The van der Waals surface area contributed by atoms with Crippen LogP contribution in [0.1, 0.15) is 16.1 Å². The Balaban J connectivity index is 1.63. The number of amides is 1. The zero-order valence-electron chi connectivity index (χ0n) is 13.7. The van der Waals surface area contributed by atoms with E-state index in [1.165, 1.54) is 16.8 Å². The fourth-order valence-electron chi connectivity index (χ4n) is 2.15. The van der Waals surface area contributed by atoms with E-state index in [1.807, 2.05) is 0 Å².